The van der Waals surface area contributed by atoms with Crippen LogP contribution in [-0.4, -0.2) is 42.6 Å². The van der Waals surface area contributed by atoms with Gasteiger partial charge in [0.15, 0.2) is 9.84 Å². The minimum Gasteiger partial charge on any atom is -0.497 e. The van der Waals surface area contributed by atoms with Crippen molar-refractivity contribution in [2.24, 2.45) is 0 Å². The van der Waals surface area contributed by atoms with E-state index in [2.05, 4.69) is 9.71 Å². The van der Waals surface area contributed by atoms with Gasteiger partial charge in [-0.3, -0.25) is 4.98 Å². The van der Waals surface area contributed by atoms with E-state index >= 15 is 0 Å². The quantitative estimate of drug-likeness (QED) is 0.520. The molecule has 164 valence electrons. The van der Waals surface area contributed by atoms with E-state index in [9.17, 15) is 16.8 Å². The number of ether oxygens (including phenoxy) is 2. The van der Waals surface area contributed by atoms with Gasteiger partial charge in [0.25, 0.3) is 0 Å². The molecule has 1 N–H and O–H groups in total. The summed E-state index contributed by atoms with van der Waals surface area (Å²) >= 11 is 0. The Morgan fingerprint density at radius 2 is 1.39 bits per heavy atom. The molecule has 31 heavy (non-hydrogen) atoms. The van der Waals surface area contributed by atoms with Crippen molar-refractivity contribution in [3.05, 3.63) is 78.6 Å². The molecule has 0 spiro atoms. The summed E-state index contributed by atoms with van der Waals surface area (Å²) in [6, 6.07) is 14.9. The lowest BCUT2D eigenvalue weighted by molar-refractivity contribution is 0.414. The van der Waals surface area contributed by atoms with Crippen molar-refractivity contribution < 1.29 is 26.3 Å². The predicted octanol–water partition coefficient (Wildman–Crippen LogP) is 2.59. The first kappa shape index (κ1) is 22.7. The number of hydrogen-bond donors (Lipinski definition) is 1. The molecule has 10 heteroatoms. The van der Waals surface area contributed by atoms with E-state index in [1.807, 2.05) is 0 Å². The van der Waals surface area contributed by atoms with Gasteiger partial charge in [-0.25, -0.2) is 21.6 Å². The van der Waals surface area contributed by atoms with Crippen LogP contribution < -0.4 is 14.2 Å². The molecule has 8 nitrogen and oxygen atoms in total. The third kappa shape index (κ3) is 5.22. The second-order valence-electron chi connectivity index (χ2n) is 6.52. The first-order valence-corrected chi connectivity index (χ1v) is 12.2. The molecule has 0 saturated carbocycles. The summed E-state index contributed by atoms with van der Waals surface area (Å²) in [5.74, 6) is 1.02. The molecule has 0 fully saturated rings. The summed E-state index contributed by atoms with van der Waals surface area (Å²) in [5.41, 5.74) is 0.371. The van der Waals surface area contributed by atoms with Crippen LogP contribution >= 0.6 is 0 Å². The highest BCUT2D eigenvalue weighted by molar-refractivity contribution is 7.92. The van der Waals surface area contributed by atoms with Crippen molar-refractivity contribution in [3.8, 4) is 11.5 Å². The van der Waals surface area contributed by atoms with E-state index in [0.29, 0.717) is 17.1 Å². The molecule has 0 radical (unpaired) electrons. The number of sulfone groups is 1. The Morgan fingerprint density at radius 3 is 1.87 bits per heavy atom. The zero-order valence-corrected chi connectivity index (χ0v) is 18.6. The van der Waals surface area contributed by atoms with Gasteiger partial charge < -0.3 is 9.47 Å². The Morgan fingerprint density at radius 1 is 0.839 bits per heavy atom. The number of sulfonamides is 1. The maximum atomic E-state index is 13.3. The smallest absolute Gasteiger partial charge is 0.240 e. The normalized spacial score (nSPS) is 12.8. The fraction of sp³-hybridized carbons (Fsp3) is 0.190. The number of nitrogens with zero attached hydrogens (tertiary/aromatic N) is 1. The summed E-state index contributed by atoms with van der Waals surface area (Å²) < 4.78 is 64.7. The van der Waals surface area contributed by atoms with Gasteiger partial charge in [-0.2, -0.15) is 0 Å². The van der Waals surface area contributed by atoms with Crippen molar-refractivity contribution in [1.82, 2.24) is 9.71 Å². The van der Waals surface area contributed by atoms with E-state index in [1.54, 1.807) is 12.1 Å². The van der Waals surface area contributed by atoms with E-state index in [4.69, 9.17) is 9.47 Å². The molecule has 0 aliphatic carbocycles. The molecular weight excluding hydrogens is 440 g/mol. The number of pyridine rings is 1. The third-order valence-electron chi connectivity index (χ3n) is 4.65. The van der Waals surface area contributed by atoms with Gasteiger partial charge in [0.2, 0.25) is 10.0 Å². The molecule has 0 saturated heterocycles. The average molecular weight is 463 g/mol. The molecular formula is C21H22N2O6S2. The maximum absolute atomic E-state index is 13.3. The molecule has 3 aromatic rings. The molecule has 1 heterocycles. The predicted molar refractivity (Wildman–Crippen MR) is 115 cm³/mol. The standard InChI is InChI=1S/C21H22N2O6S2/c1-28-17-5-9-19(10-6-17)30(24,25)21(16-4-3-13-22-14-16)15-23-31(26,27)20-11-7-18(29-2)8-12-20/h3-14,21,23H,15H2,1-2H3. The topological polar surface area (TPSA) is 112 Å². The lowest BCUT2D eigenvalue weighted by atomic mass is 10.2. The van der Waals surface area contributed by atoms with E-state index in [1.165, 1.54) is 75.1 Å². The minimum absolute atomic E-state index is 0.0000760. The lowest BCUT2D eigenvalue weighted by Crippen LogP contribution is -2.32. The van der Waals surface area contributed by atoms with Crippen LogP contribution in [-0.2, 0) is 19.9 Å². The van der Waals surface area contributed by atoms with Crippen LogP contribution in [0.25, 0.3) is 0 Å². The summed E-state index contributed by atoms with van der Waals surface area (Å²) in [7, 11) is -4.93. The first-order chi connectivity index (χ1) is 14.8. The number of hydrogen-bond acceptors (Lipinski definition) is 7. The summed E-state index contributed by atoms with van der Waals surface area (Å²) in [4.78, 5) is 4.03. The van der Waals surface area contributed by atoms with Gasteiger partial charge in [-0.05, 0) is 60.2 Å². The van der Waals surface area contributed by atoms with Crippen molar-refractivity contribution in [2.45, 2.75) is 15.0 Å². The Labute approximate surface area is 181 Å². The molecule has 0 aliphatic rings. The molecule has 2 aromatic carbocycles. The van der Waals surface area contributed by atoms with Gasteiger partial charge in [0.1, 0.15) is 16.7 Å². The van der Waals surface area contributed by atoms with Crippen LogP contribution in [0.3, 0.4) is 0 Å². The number of methoxy groups -OCH3 is 2. The molecule has 1 aromatic heterocycles. The zero-order chi connectivity index (χ0) is 22.5. The zero-order valence-electron chi connectivity index (χ0n) is 16.9. The Balaban J connectivity index is 1.92. The summed E-state index contributed by atoms with van der Waals surface area (Å²) in [5, 5.41) is -1.18. The third-order valence-corrected chi connectivity index (χ3v) is 8.20. The fourth-order valence-electron chi connectivity index (χ4n) is 2.93. The molecule has 1 atom stereocenters. The van der Waals surface area contributed by atoms with Crippen LogP contribution in [0.1, 0.15) is 10.8 Å². The average Bonchev–Trinajstić information content (AvgIpc) is 2.79. The number of benzene rings is 2. The lowest BCUT2D eigenvalue weighted by Gasteiger charge is -2.19. The van der Waals surface area contributed by atoms with Crippen LogP contribution in [0, 0.1) is 0 Å². The number of aromatic nitrogens is 1. The first-order valence-electron chi connectivity index (χ1n) is 9.19. The van der Waals surface area contributed by atoms with E-state index < -0.39 is 25.1 Å². The Kier molecular flexibility index (Phi) is 6.94. The highest BCUT2D eigenvalue weighted by Crippen LogP contribution is 2.29. The number of nitrogens with one attached hydrogen (secondary N) is 1. The van der Waals surface area contributed by atoms with E-state index in [0.717, 1.165) is 0 Å². The van der Waals surface area contributed by atoms with Crippen molar-refractivity contribution in [2.75, 3.05) is 20.8 Å². The summed E-state index contributed by atoms with van der Waals surface area (Å²) in [6.07, 6.45) is 2.93. The second kappa shape index (κ2) is 9.46. The van der Waals surface area contributed by atoms with Crippen molar-refractivity contribution in [1.29, 1.82) is 0 Å². The van der Waals surface area contributed by atoms with Crippen LogP contribution in [0.5, 0.6) is 11.5 Å². The Bertz CT molecular complexity index is 1210. The summed E-state index contributed by atoms with van der Waals surface area (Å²) in [6.45, 7) is -0.367. The Hall–Kier alpha value is -2.95. The molecule has 1 unspecified atom stereocenters. The molecule has 0 bridgehead atoms. The SMILES string of the molecule is COc1ccc(S(=O)(=O)NCC(c2cccnc2)S(=O)(=O)c2ccc(OC)cc2)cc1. The van der Waals surface area contributed by atoms with Crippen molar-refractivity contribution in [3.63, 3.8) is 0 Å². The molecule has 3 rings (SSSR count). The van der Waals surface area contributed by atoms with Gasteiger partial charge >= 0.3 is 0 Å². The largest absolute Gasteiger partial charge is 0.497 e. The second-order valence-corrected chi connectivity index (χ2v) is 10.4. The van der Waals surface area contributed by atoms with Gasteiger partial charge in [0, 0.05) is 18.9 Å². The minimum atomic E-state index is -3.95. The highest BCUT2D eigenvalue weighted by Gasteiger charge is 2.31. The maximum Gasteiger partial charge on any atom is 0.240 e. The highest BCUT2D eigenvalue weighted by atomic mass is 32.2. The monoisotopic (exact) mass is 462 g/mol. The van der Waals surface area contributed by atoms with Gasteiger partial charge in [-0.15, -0.1) is 0 Å². The van der Waals surface area contributed by atoms with Crippen molar-refractivity contribution >= 4 is 19.9 Å². The molecule has 0 aliphatic heterocycles. The van der Waals surface area contributed by atoms with Crippen LogP contribution in [0.4, 0.5) is 0 Å². The van der Waals surface area contributed by atoms with E-state index in [-0.39, 0.29) is 16.3 Å². The van der Waals surface area contributed by atoms with Crippen LogP contribution in [0.15, 0.2) is 82.8 Å². The van der Waals surface area contributed by atoms with Gasteiger partial charge in [-0.1, -0.05) is 6.07 Å². The fourth-order valence-corrected chi connectivity index (χ4v) is 5.72. The van der Waals surface area contributed by atoms with Crippen LogP contribution in [0.2, 0.25) is 0 Å². The van der Waals surface area contributed by atoms with Gasteiger partial charge in [0.05, 0.1) is 24.0 Å². The molecule has 0 amide bonds. The number of rotatable bonds is 9.